The lowest BCUT2D eigenvalue weighted by Crippen LogP contribution is -2.39. The SMILES string of the molecule is C[C@@H](O)CN(Cc1ccccc1)C(=O)Nc1ccc([N+](=O)[O-])cc1. The molecule has 0 spiro atoms. The highest BCUT2D eigenvalue weighted by molar-refractivity contribution is 5.89. The molecule has 126 valence electrons. The summed E-state index contributed by atoms with van der Waals surface area (Å²) in [4.78, 5) is 24.1. The van der Waals surface area contributed by atoms with Crippen LogP contribution < -0.4 is 5.32 Å². The fourth-order valence-corrected chi connectivity index (χ4v) is 2.21. The molecule has 0 aromatic heterocycles. The van der Waals surface area contributed by atoms with E-state index in [1.54, 1.807) is 6.92 Å². The molecule has 2 amide bonds. The van der Waals surface area contributed by atoms with Crippen LogP contribution in [0.3, 0.4) is 0 Å². The van der Waals surface area contributed by atoms with Crippen LogP contribution in [0.5, 0.6) is 0 Å². The number of nitro groups is 1. The molecule has 24 heavy (non-hydrogen) atoms. The molecule has 0 saturated carbocycles. The molecule has 0 aliphatic rings. The van der Waals surface area contributed by atoms with E-state index < -0.39 is 11.0 Å². The molecule has 2 aromatic carbocycles. The Morgan fingerprint density at radius 3 is 2.38 bits per heavy atom. The van der Waals surface area contributed by atoms with Gasteiger partial charge in [-0.2, -0.15) is 0 Å². The maximum Gasteiger partial charge on any atom is 0.322 e. The van der Waals surface area contributed by atoms with Gasteiger partial charge in [-0.05, 0) is 24.6 Å². The third kappa shape index (κ3) is 5.06. The Bertz CT molecular complexity index is 687. The normalized spacial score (nSPS) is 11.6. The Morgan fingerprint density at radius 2 is 1.83 bits per heavy atom. The van der Waals surface area contributed by atoms with E-state index in [2.05, 4.69) is 5.32 Å². The number of carbonyl (C=O) groups is 1. The molecule has 2 aromatic rings. The summed E-state index contributed by atoms with van der Waals surface area (Å²) >= 11 is 0. The molecular weight excluding hydrogens is 310 g/mol. The Kier molecular flexibility index (Phi) is 5.86. The first-order valence-electron chi connectivity index (χ1n) is 7.48. The molecule has 7 nitrogen and oxygen atoms in total. The summed E-state index contributed by atoms with van der Waals surface area (Å²) in [7, 11) is 0. The highest BCUT2D eigenvalue weighted by atomic mass is 16.6. The lowest BCUT2D eigenvalue weighted by molar-refractivity contribution is -0.384. The van der Waals surface area contributed by atoms with Crippen LogP contribution in [0.25, 0.3) is 0 Å². The van der Waals surface area contributed by atoms with Gasteiger partial charge in [0.1, 0.15) is 0 Å². The molecule has 0 aliphatic heterocycles. The van der Waals surface area contributed by atoms with E-state index in [0.29, 0.717) is 12.2 Å². The number of urea groups is 1. The molecule has 0 unspecified atom stereocenters. The molecule has 0 fully saturated rings. The third-order valence-electron chi connectivity index (χ3n) is 3.32. The molecule has 0 heterocycles. The number of benzene rings is 2. The Labute approximate surface area is 139 Å². The molecule has 7 heteroatoms. The van der Waals surface area contributed by atoms with Crippen molar-refractivity contribution in [3.05, 3.63) is 70.3 Å². The highest BCUT2D eigenvalue weighted by Crippen LogP contribution is 2.16. The molecule has 0 radical (unpaired) electrons. The minimum absolute atomic E-state index is 0.0434. The van der Waals surface area contributed by atoms with Gasteiger partial charge in [-0.25, -0.2) is 4.79 Å². The van der Waals surface area contributed by atoms with E-state index in [1.807, 2.05) is 30.3 Å². The summed E-state index contributed by atoms with van der Waals surface area (Å²) in [5, 5.41) is 23.0. The smallest absolute Gasteiger partial charge is 0.322 e. The van der Waals surface area contributed by atoms with Crippen LogP contribution in [0.2, 0.25) is 0 Å². The fraction of sp³-hybridized carbons (Fsp3) is 0.235. The van der Waals surface area contributed by atoms with Crippen LogP contribution in [-0.4, -0.2) is 33.6 Å². The number of nitro benzene ring substituents is 1. The van der Waals surface area contributed by atoms with Crippen molar-refractivity contribution in [1.29, 1.82) is 0 Å². The molecular formula is C17H19N3O4. The van der Waals surface area contributed by atoms with Crippen LogP contribution in [-0.2, 0) is 6.54 Å². The monoisotopic (exact) mass is 329 g/mol. The summed E-state index contributed by atoms with van der Waals surface area (Å²) in [5.41, 5.74) is 1.35. The van der Waals surface area contributed by atoms with E-state index >= 15 is 0 Å². The van der Waals surface area contributed by atoms with Gasteiger partial charge in [0, 0.05) is 30.9 Å². The van der Waals surface area contributed by atoms with Gasteiger partial charge in [-0.1, -0.05) is 30.3 Å². The van der Waals surface area contributed by atoms with Gasteiger partial charge < -0.3 is 15.3 Å². The first-order valence-corrected chi connectivity index (χ1v) is 7.48. The topological polar surface area (TPSA) is 95.7 Å². The average molecular weight is 329 g/mol. The minimum Gasteiger partial charge on any atom is -0.392 e. The Morgan fingerprint density at radius 1 is 1.21 bits per heavy atom. The summed E-state index contributed by atoms with van der Waals surface area (Å²) in [6.45, 7) is 2.13. The first-order chi connectivity index (χ1) is 11.5. The number of amides is 2. The van der Waals surface area contributed by atoms with Crippen molar-refractivity contribution in [2.75, 3.05) is 11.9 Å². The van der Waals surface area contributed by atoms with Gasteiger partial charge in [0.15, 0.2) is 0 Å². The van der Waals surface area contributed by atoms with Crippen molar-refractivity contribution in [1.82, 2.24) is 4.90 Å². The molecule has 0 aliphatic carbocycles. The lowest BCUT2D eigenvalue weighted by atomic mass is 10.2. The number of aliphatic hydroxyl groups is 1. The summed E-state index contributed by atoms with van der Waals surface area (Å²) in [6, 6.07) is 14.7. The van der Waals surface area contributed by atoms with E-state index in [4.69, 9.17) is 0 Å². The zero-order chi connectivity index (χ0) is 17.5. The summed E-state index contributed by atoms with van der Waals surface area (Å²) < 4.78 is 0. The van der Waals surface area contributed by atoms with Crippen molar-refractivity contribution in [2.24, 2.45) is 0 Å². The van der Waals surface area contributed by atoms with Crippen molar-refractivity contribution < 1.29 is 14.8 Å². The zero-order valence-corrected chi connectivity index (χ0v) is 13.3. The molecule has 0 saturated heterocycles. The van der Waals surface area contributed by atoms with E-state index in [1.165, 1.54) is 29.2 Å². The summed E-state index contributed by atoms with van der Waals surface area (Å²) in [5.74, 6) is 0. The molecule has 1 atom stereocenters. The molecule has 2 rings (SSSR count). The maximum atomic E-state index is 12.4. The van der Waals surface area contributed by atoms with Gasteiger partial charge in [-0.15, -0.1) is 0 Å². The number of nitrogens with one attached hydrogen (secondary N) is 1. The van der Waals surface area contributed by atoms with Gasteiger partial charge in [0.25, 0.3) is 5.69 Å². The predicted molar refractivity (Wildman–Crippen MR) is 90.6 cm³/mol. The number of rotatable bonds is 6. The number of hydrogen-bond acceptors (Lipinski definition) is 4. The Hall–Kier alpha value is -2.93. The quantitative estimate of drug-likeness (QED) is 0.629. The average Bonchev–Trinajstić information content (AvgIpc) is 2.55. The number of anilines is 1. The Balaban J connectivity index is 2.07. The van der Waals surface area contributed by atoms with Gasteiger partial charge in [0.2, 0.25) is 0 Å². The maximum absolute atomic E-state index is 12.4. The van der Waals surface area contributed by atoms with Crippen LogP contribution in [0, 0.1) is 10.1 Å². The number of hydrogen-bond donors (Lipinski definition) is 2. The minimum atomic E-state index is -0.670. The van der Waals surface area contributed by atoms with Crippen molar-refractivity contribution in [3.8, 4) is 0 Å². The van der Waals surface area contributed by atoms with Crippen molar-refractivity contribution >= 4 is 17.4 Å². The number of aliphatic hydroxyl groups excluding tert-OH is 1. The third-order valence-corrected chi connectivity index (χ3v) is 3.32. The molecule has 0 bridgehead atoms. The molecule has 2 N–H and O–H groups in total. The largest absolute Gasteiger partial charge is 0.392 e. The van der Waals surface area contributed by atoms with Gasteiger partial charge >= 0.3 is 6.03 Å². The van der Waals surface area contributed by atoms with Crippen LogP contribution in [0.1, 0.15) is 12.5 Å². The zero-order valence-electron chi connectivity index (χ0n) is 13.3. The fourth-order valence-electron chi connectivity index (χ4n) is 2.21. The first kappa shape index (κ1) is 17.4. The van der Waals surface area contributed by atoms with E-state index in [9.17, 15) is 20.0 Å². The number of non-ortho nitro benzene ring substituents is 1. The standard InChI is InChI=1S/C17H19N3O4/c1-13(21)11-19(12-14-5-3-2-4-6-14)17(22)18-15-7-9-16(10-8-15)20(23)24/h2-10,13,21H,11-12H2,1H3,(H,18,22)/t13-/m1/s1. The van der Waals surface area contributed by atoms with Crippen LogP contribution in [0.15, 0.2) is 54.6 Å². The number of nitrogens with zero attached hydrogens (tertiary/aromatic N) is 2. The van der Waals surface area contributed by atoms with Crippen LogP contribution >= 0.6 is 0 Å². The van der Waals surface area contributed by atoms with E-state index in [-0.39, 0.29) is 18.3 Å². The highest BCUT2D eigenvalue weighted by Gasteiger charge is 2.16. The second-order valence-corrected chi connectivity index (χ2v) is 5.45. The second kappa shape index (κ2) is 8.07. The van der Waals surface area contributed by atoms with E-state index in [0.717, 1.165) is 5.56 Å². The van der Waals surface area contributed by atoms with Crippen molar-refractivity contribution in [2.45, 2.75) is 19.6 Å². The van der Waals surface area contributed by atoms with Crippen molar-refractivity contribution in [3.63, 3.8) is 0 Å². The predicted octanol–water partition coefficient (Wildman–Crippen LogP) is 3.01. The second-order valence-electron chi connectivity index (χ2n) is 5.45. The summed E-state index contributed by atoms with van der Waals surface area (Å²) in [6.07, 6.45) is -0.670. The van der Waals surface area contributed by atoms with Gasteiger partial charge in [0.05, 0.1) is 11.0 Å². The van der Waals surface area contributed by atoms with Gasteiger partial charge in [-0.3, -0.25) is 10.1 Å². The van der Waals surface area contributed by atoms with Crippen LogP contribution in [0.4, 0.5) is 16.2 Å². The lowest BCUT2D eigenvalue weighted by Gasteiger charge is -2.24. The number of carbonyl (C=O) groups excluding carboxylic acids is 1.